The molecule has 2 aliphatic rings. The van der Waals surface area contributed by atoms with Crippen molar-refractivity contribution < 1.29 is 29.3 Å². The van der Waals surface area contributed by atoms with Gasteiger partial charge >= 0.3 is 0 Å². The van der Waals surface area contributed by atoms with Crippen molar-refractivity contribution in [3.63, 3.8) is 0 Å². The molecule has 2 amide bonds. The minimum atomic E-state index is -0.971. The van der Waals surface area contributed by atoms with Gasteiger partial charge in [0.2, 0.25) is 0 Å². The molecule has 0 bridgehead atoms. The van der Waals surface area contributed by atoms with E-state index in [-0.39, 0.29) is 43.2 Å². The summed E-state index contributed by atoms with van der Waals surface area (Å²) in [6, 6.07) is 5.70. The highest BCUT2D eigenvalue weighted by Crippen LogP contribution is 2.35. The fourth-order valence-corrected chi connectivity index (χ4v) is 2.65. The molecule has 3 rings (SSSR count). The molecule has 1 aromatic rings. The Hall–Kier alpha value is -2.32. The number of nitrogens with two attached hydrogens (primary N) is 1. The molecule has 3 unspecified atom stereocenters. The lowest BCUT2D eigenvalue weighted by molar-refractivity contribution is -0.124. The molecule has 1 fully saturated rings. The van der Waals surface area contributed by atoms with E-state index in [2.05, 4.69) is 6.07 Å². The van der Waals surface area contributed by atoms with Crippen LogP contribution in [0.3, 0.4) is 0 Å². The van der Waals surface area contributed by atoms with Gasteiger partial charge in [0.05, 0.1) is 24.4 Å². The quantitative estimate of drug-likeness (QED) is 0.621. The van der Waals surface area contributed by atoms with Gasteiger partial charge in [0, 0.05) is 19.5 Å². The van der Waals surface area contributed by atoms with E-state index in [1.165, 1.54) is 17.0 Å². The average molecular weight is 321 g/mol. The first-order valence-corrected chi connectivity index (χ1v) is 7.25. The maximum absolute atomic E-state index is 12.6. The van der Waals surface area contributed by atoms with Crippen molar-refractivity contribution in [3.05, 3.63) is 23.8 Å². The second-order valence-electron chi connectivity index (χ2n) is 5.55. The molecule has 0 aliphatic carbocycles. The number of hydrogen-bond acceptors (Lipinski definition) is 6. The summed E-state index contributed by atoms with van der Waals surface area (Å²) in [5.74, 6) is -0.579. The van der Waals surface area contributed by atoms with Crippen LogP contribution in [0, 0.1) is 6.07 Å². The van der Waals surface area contributed by atoms with Crippen molar-refractivity contribution in [3.8, 4) is 11.5 Å². The predicted molar refractivity (Wildman–Crippen MR) is 76.9 cm³/mol. The van der Waals surface area contributed by atoms with Gasteiger partial charge in [0.25, 0.3) is 11.8 Å². The summed E-state index contributed by atoms with van der Waals surface area (Å²) in [4.78, 5) is 25.2. The number of aliphatic hydroxyl groups excluding tert-OH is 2. The highest BCUT2D eigenvalue weighted by atomic mass is 16.5. The summed E-state index contributed by atoms with van der Waals surface area (Å²) in [6.45, 7) is 0.249. The highest BCUT2D eigenvalue weighted by molar-refractivity contribution is 5.98. The van der Waals surface area contributed by atoms with Crippen LogP contribution >= 0.6 is 0 Å². The maximum atomic E-state index is 12.6. The van der Waals surface area contributed by atoms with Crippen molar-refractivity contribution in [1.29, 1.82) is 0 Å². The first-order valence-electron chi connectivity index (χ1n) is 7.25. The average Bonchev–Trinajstić information content (AvgIpc) is 2.74. The van der Waals surface area contributed by atoms with E-state index >= 15 is 0 Å². The monoisotopic (exact) mass is 321 g/mol. The third kappa shape index (κ3) is 2.95. The summed E-state index contributed by atoms with van der Waals surface area (Å²) < 4.78 is 11.1. The second-order valence-corrected chi connectivity index (χ2v) is 5.55. The van der Waals surface area contributed by atoms with Crippen LogP contribution in [0.5, 0.6) is 11.5 Å². The fraction of sp³-hybridized carbons (Fsp3) is 0.467. The number of fused-ring (bicyclic) bond motifs is 1. The minimum Gasteiger partial charge on any atom is -0.489 e. The molecule has 0 aromatic heterocycles. The molecule has 8 nitrogen and oxygen atoms in total. The summed E-state index contributed by atoms with van der Waals surface area (Å²) in [6.07, 6.45) is -2.49. The first kappa shape index (κ1) is 15.6. The molecule has 1 aromatic carbocycles. The van der Waals surface area contributed by atoms with Gasteiger partial charge in [0.1, 0.15) is 0 Å². The van der Waals surface area contributed by atoms with E-state index in [0.717, 1.165) is 0 Å². The smallest absolute Gasteiger partial charge is 0.258 e. The second kappa shape index (κ2) is 6.05. The molecule has 0 spiro atoms. The topological polar surface area (TPSA) is 122 Å². The van der Waals surface area contributed by atoms with Gasteiger partial charge in [-0.05, 0) is 18.2 Å². The number of carbonyl (C=O) groups excluding carboxylic acids is 2. The largest absolute Gasteiger partial charge is 0.489 e. The molecule has 2 heterocycles. The summed E-state index contributed by atoms with van der Waals surface area (Å²) in [5.41, 5.74) is 5.46. The third-order valence-electron chi connectivity index (χ3n) is 3.90. The zero-order valence-corrected chi connectivity index (χ0v) is 12.3. The lowest BCUT2D eigenvalue weighted by atomic mass is 10.1. The Bertz CT molecular complexity index is 624. The minimum absolute atomic E-state index is 0.0361. The van der Waals surface area contributed by atoms with E-state index < -0.39 is 30.1 Å². The van der Waals surface area contributed by atoms with Crippen molar-refractivity contribution in [1.82, 2.24) is 4.90 Å². The van der Waals surface area contributed by atoms with Gasteiger partial charge in [-0.15, -0.1) is 0 Å². The predicted octanol–water partition coefficient (Wildman–Crippen LogP) is -1.32. The molecule has 1 radical (unpaired) electrons. The van der Waals surface area contributed by atoms with E-state index in [1.807, 2.05) is 0 Å². The number of aliphatic hydroxyl groups is 2. The molecule has 0 saturated carbocycles. The number of amides is 2. The van der Waals surface area contributed by atoms with E-state index in [0.29, 0.717) is 0 Å². The Labute approximate surface area is 132 Å². The van der Waals surface area contributed by atoms with E-state index in [4.69, 9.17) is 15.2 Å². The molecule has 123 valence electrons. The van der Waals surface area contributed by atoms with Crippen molar-refractivity contribution >= 4 is 11.8 Å². The Kier molecular flexibility index (Phi) is 4.10. The molecular formula is C15H17N2O6. The molecule has 8 heteroatoms. The number of nitrogens with zero attached hydrogens (tertiary/aromatic N) is 1. The van der Waals surface area contributed by atoms with Crippen LogP contribution in [0.1, 0.15) is 16.8 Å². The maximum Gasteiger partial charge on any atom is 0.258 e. The van der Waals surface area contributed by atoms with Crippen LogP contribution in [-0.4, -0.2) is 64.9 Å². The zero-order chi connectivity index (χ0) is 16.6. The van der Waals surface area contributed by atoms with Gasteiger partial charge in [0.15, 0.2) is 17.6 Å². The molecule has 23 heavy (non-hydrogen) atoms. The number of primary amides is 1. The SMILES string of the molecule is NC(=O)C1CCOc2c(c[c]cc2C(=O)N2CC(O)C(O)C2)O1. The van der Waals surface area contributed by atoms with Crippen LogP contribution in [-0.2, 0) is 4.79 Å². The molecular weight excluding hydrogens is 304 g/mol. The Morgan fingerprint density at radius 1 is 1.26 bits per heavy atom. The molecule has 2 aliphatic heterocycles. The molecule has 4 N–H and O–H groups in total. The molecule has 1 saturated heterocycles. The Morgan fingerprint density at radius 2 is 1.96 bits per heavy atom. The summed E-state index contributed by atoms with van der Waals surface area (Å²) in [5, 5.41) is 19.2. The number of hydrogen-bond donors (Lipinski definition) is 3. The van der Waals surface area contributed by atoms with Gasteiger partial charge in [-0.25, -0.2) is 0 Å². The third-order valence-corrected chi connectivity index (χ3v) is 3.90. The summed E-state index contributed by atoms with van der Waals surface area (Å²) in [7, 11) is 0. The van der Waals surface area contributed by atoms with Crippen LogP contribution in [0.25, 0.3) is 0 Å². The number of benzene rings is 1. The number of ether oxygens (including phenoxy) is 2. The number of rotatable bonds is 2. The van der Waals surface area contributed by atoms with Gasteiger partial charge in [-0.1, -0.05) is 0 Å². The van der Waals surface area contributed by atoms with Crippen LogP contribution in [0.2, 0.25) is 0 Å². The zero-order valence-electron chi connectivity index (χ0n) is 12.3. The Balaban J connectivity index is 1.88. The Morgan fingerprint density at radius 3 is 2.61 bits per heavy atom. The van der Waals surface area contributed by atoms with Crippen LogP contribution in [0.15, 0.2) is 12.1 Å². The number of carbonyl (C=O) groups is 2. The lowest BCUT2D eigenvalue weighted by Crippen LogP contribution is -2.33. The van der Waals surface area contributed by atoms with E-state index in [1.54, 1.807) is 0 Å². The number of β-amino-alcohol motifs (C(OH)–C–C–N with tert-alkyl or cyclic N) is 2. The van der Waals surface area contributed by atoms with E-state index in [9.17, 15) is 19.8 Å². The normalized spacial score (nSPS) is 26.7. The van der Waals surface area contributed by atoms with Crippen LogP contribution < -0.4 is 15.2 Å². The standard InChI is InChI=1S/C15H17N2O6/c16-14(20)12-4-5-22-13-8(2-1-3-11(13)23-12)15(21)17-6-9(18)10(19)7-17/h2-3,9-10,12,18-19H,4-7H2,(H2,16,20). The van der Waals surface area contributed by atoms with Gasteiger partial charge in [-0.2, -0.15) is 0 Å². The van der Waals surface area contributed by atoms with Crippen molar-refractivity contribution in [2.45, 2.75) is 24.7 Å². The van der Waals surface area contributed by atoms with Crippen LogP contribution in [0.4, 0.5) is 0 Å². The summed E-state index contributed by atoms with van der Waals surface area (Å²) >= 11 is 0. The van der Waals surface area contributed by atoms with Crippen molar-refractivity contribution in [2.75, 3.05) is 19.7 Å². The fourth-order valence-electron chi connectivity index (χ4n) is 2.65. The number of likely N-dealkylation sites (tertiary alicyclic amines) is 1. The van der Waals surface area contributed by atoms with Gasteiger partial charge < -0.3 is 30.3 Å². The first-order chi connectivity index (χ1) is 11.0. The van der Waals surface area contributed by atoms with Gasteiger partial charge in [-0.3, -0.25) is 9.59 Å². The molecule has 3 atom stereocenters. The highest BCUT2D eigenvalue weighted by Gasteiger charge is 2.35. The van der Waals surface area contributed by atoms with Crippen molar-refractivity contribution in [2.24, 2.45) is 5.73 Å². The lowest BCUT2D eigenvalue weighted by Gasteiger charge is -2.18.